The molecule has 3 aromatic rings. The zero-order valence-corrected chi connectivity index (χ0v) is 19.8. The molecule has 0 saturated heterocycles. The van der Waals surface area contributed by atoms with Crippen LogP contribution in [0, 0.1) is 18.8 Å². The Morgan fingerprint density at radius 1 is 1.00 bits per heavy atom. The maximum absolute atomic E-state index is 13.2. The van der Waals surface area contributed by atoms with Crippen molar-refractivity contribution in [3.8, 4) is 0 Å². The predicted molar refractivity (Wildman–Crippen MR) is 129 cm³/mol. The summed E-state index contributed by atoms with van der Waals surface area (Å²) in [4.78, 5) is 50.4. The third-order valence-electron chi connectivity index (χ3n) is 6.34. The molecular formula is C27H28N2O6. The predicted octanol–water partition coefficient (Wildman–Crippen LogP) is 2.79. The first-order valence-corrected chi connectivity index (χ1v) is 11.6. The van der Waals surface area contributed by atoms with Gasteiger partial charge in [0, 0.05) is 36.7 Å². The second-order valence-corrected chi connectivity index (χ2v) is 8.87. The minimum absolute atomic E-state index is 0.0231. The van der Waals surface area contributed by atoms with Crippen molar-refractivity contribution in [1.82, 2.24) is 9.13 Å². The summed E-state index contributed by atoms with van der Waals surface area (Å²) in [6, 6.07) is 18.0. The van der Waals surface area contributed by atoms with E-state index in [9.17, 15) is 19.2 Å². The number of hydrogen-bond donors (Lipinski definition) is 0. The Labute approximate surface area is 202 Å². The van der Waals surface area contributed by atoms with Gasteiger partial charge in [-0.1, -0.05) is 48.5 Å². The van der Waals surface area contributed by atoms with Crippen LogP contribution in [-0.2, 0) is 27.4 Å². The second-order valence-electron chi connectivity index (χ2n) is 8.87. The Balaban J connectivity index is 1.54. The highest BCUT2D eigenvalue weighted by atomic mass is 16.5. The molecule has 4 rings (SSSR count). The molecule has 35 heavy (non-hydrogen) atoms. The van der Waals surface area contributed by atoms with Crippen LogP contribution in [0.3, 0.4) is 0 Å². The van der Waals surface area contributed by atoms with E-state index in [2.05, 4.69) is 0 Å². The summed E-state index contributed by atoms with van der Waals surface area (Å²) in [5.74, 6) is -1.16. The van der Waals surface area contributed by atoms with E-state index in [1.165, 1.54) is 17.7 Å². The van der Waals surface area contributed by atoms with Crippen LogP contribution >= 0.6 is 0 Å². The number of aryl methyl sites for hydroxylation is 1. The molecule has 3 atom stereocenters. The van der Waals surface area contributed by atoms with E-state index in [0.717, 1.165) is 5.56 Å². The summed E-state index contributed by atoms with van der Waals surface area (Å²) in [6.45, 7) is 4.00. The topological polar surface area (TPSA) is 96.6 Å². The van der Waals surface area contributed by atoms with Gasteiger partial charge >= 0.3 is 11.7 Å². The van der Waals surface area contributed by atoms with Gasteiger partial charge < -0.3 is 9.47 Å². The fourth-order valence-corrected chi connectivity index (χ4v) is 4.45. The molecule has 0 radical (unpaired) electrons. The highest BCUT2D eigenvalue weighted by Crippen LogP contribution is 2.38. The number of esters is 1. The number of ether oxygens (including phenoxy) is 2. The lowest BCUT2D eigenvalue weighted by Crippen LogP contribution is -2.51. The van der Waals surface area contributed by atoms with Crippen molar-refractivity contribution in [2.45, 2.75) is 39.5 Å². The molecule has 8 heteroatoms. The van der Waals surface area contributed by atoms with Gasteiger partial charge in [-0.05, 0) is 37.0 Å². The molecule has 0 spiro atoms. The SMILES string of the molecule is CC(=O)O[C@H]1C[C@H](Cn2cc(C)c(=O)n(C(=O)c3ccccc3)c2=O)[C@@H]1COCc1ccccc1. The molecule has 0 amide bonds. The van der Waals surface area contributed by atoms with Gasteiger partial charge in [0.1, 0.15) is 6.10 Å². The Bertz CT molecular complexity index is 1310. The number of carbonyl (C=O) groups excluding carboxylic acids is 2. The van der Waals surface area contributed by atoms with E-state index in [1.807, 2.05) is 30.3 Å². The summed E-state index contributed by atoms with van der Waals surface area (Å²) in [5.41, 5.74) is 0.269. The van der Waals surface area contributed by atoms with E-state index < -0.39 is 17.2 Å². The van der Waals surface area contributed by atoms with Crippen molar-refractivity contribution < 1.29 is 19.1 Å². The average Bonchev–Trinajstić information content (AvgIpc) is 2.85. The van der Waals surface area contributed by atoms with Gasteiger partial charge in [-0.2, -0.15) is 4.57 Å². The monoisotopic (exact) mass is 476 g/mol. The van der Waals surface area contributed by atoms with Gasteiger partial charge in [0.15, 0.2) is 0 Å². The Hall–Kier alpha value is -3.78. The molecule has 0 N–H and O–H groups in total. The van der Waals surface area contributed by atoms with Crippen molar-refractivity contribution in [3.63, 3.8) is 0 Å². The average molecular weight is 477 g/mol. The van der Waals surface area contributed by atoms with E-state index in [1.54, 1.807) is 37.3 Å². The Morgan fingerprint density at radius 3 is 2.31 bits per heavy atom. The van der Waals surface area contributed by atoms with E-state index in [4.69, 9.17) is 9.47 Å². The zero-order valence-electron chi connectivity index (χ0n) is 19.8. The molecule has 0 aliphatic heterocycles. The molecule has 0 unspecified atom stereocenters. The third kappa shape index (κ3) is 5.49. The van der Waals surface area contributed by atoms with Crippen LogP contribution in [0.2, 0.25) is 0 Å². The largest absolute Gasteiger partial charge is 0.462 e. The third-order valence-corrected chi connectivity index (χ3v) is 6.34. The van der Waals surface area contributed by atoms with Gasteiger partial charge in [0.05, 0.1) is 13.2 Å². The zero-order chi connectivity index (χ0) is 24.9. The van der Waals surface area contributed by atoms with Crippen molar-refractivity contribution in [2.75, 3.05) is 6.61 Å². The standard InChI is InChI=1S/C27H28N2O6/c1-18-14-28(27(33)29(25(18)31)26(32)21-11-7-4-8-12-21)15-22-13-24(35-19(2)30)23(22)17-34-16-20-9-5-3-6-10-20/h3-12,14,22-24H,13,15-17H2,1-2H3/t22-,23+,24+/m1/s1. The molecule has 1 fully saturated rings. The van der Waals surface area contributed by atoms with Gasteiger partial charge in [0.2, 0.25) is 0 Å². The number of carbonyl (C=O) groups is 2. The molecule has 2 aromatic carbocycles. The van der Waals surface area contributed by atoms with Crippen LogP contribution in [0.5, 0.6) is 0 Å². The fourth-order valence-electron chi connectivity index (χ4n) is 4.45. The van der Waals surface area contributed by atoms with Gasteiger partial charge in [-0.15, -0.1) is 0 Å². The number of aromatic nitrogens is 2. The minimum atomic E-state index is -0.686. The van der Waals surface area contributed by atoms with Crippen molar-refractivity contribution in [2.24, 2.45) is 11.8 Å². The Morgan fingerprint density at radius 2 is 1.66 bits per heavy atom. The summed E-state index contributed by atoms with van der Waals surface area (Å²) >= 11 is 0. The molecule has 1 saturated carbocycles. The number of nitrogens with zero attached hydrogens (tertiary/aromatic N) is 2. The molecule has 0 bridgehead atoms. The second kappa shape index (κ2) is 10.7. The first-order valence-electron chi connectivity index (χ1n) is 11.6. The summed E-state index contributed by atoms with van der Waals surface area (Å²) in [5, 5.41) is 0. The van der Waals surface area contributed by atoms with E-state index in [0.29, 0.717) is 29.8 Å². The highest BCUT2D eigenvalue weighted by Gasteiger charge is 2.43. The molecule has 1 heterocycles. The Kier molecular flexibility index (Phi) is 7.41. The maximum Gasteiger partial charge on any atom is 0.338 e. The quantitative estimate of drug-likeness (QED) is 0.464. The molecular weight excluding hydrogens is 448 g/mol. The van der Waals surface area contributed by atoms with Gasteiger partial charge in [-0.25, -0.2) is 4.79 Å². The van der Waals surface area contributed by atoms with Crippen molar-refractivity contribution >= 4 is 11.9 Å². The normalized spacial score (nSPS) is 19.1. The molecule has 1 aromatic heterocycles. The van der Waals surface area contributed by atoms with Crippen LogP contribution in [-0.4, -0.2) is 33.7 Å². The maximum atomic E-state index is 13.2. The number of benzene rings is 2. The van der Waals surface area contributed by atoms with Crippen molar-refractivity contribution in [3.05, 3.63) is 104 Å². The van der Waals surface area contributed by atoms with E-state index >= 15 is 0 Å². The first-order chi connectivity index (χ1) is 16.8. The lowest BCUT2D eigenvalue weighted by atomic mass is 9.71. The molecule has 1 aliphatic carbocycles. The highest BCUT2D eigenvalue weighted by molar-refractivity contribution is 5.95. The van der Waals surface area contributed by atoms with E-state index in [-0.39, 0.29) is 36.0 Å². The van der Waals surface area contributed by atoms with Crippen LogP contribution in [0.4, 0.5) is 0 Å². The lowest BCUT2D eigenvalue weighted by Gasteiger charge is -2.43. The molecule has 182 valence electrons. The van der Waals surface area contributed by atoms with Crippen molar-refractivity contribution in [1.29, 1.82) is 0 Å². The summed E-state index contributed by atoms with van der Waals surface area (Å²) in [6.07, 6.45) is 1.75. The van der Waals surface area contributed by atoms with Crippen LogP contribution in [0.1, 0.15) is 34.8 Å². The number of hydrogen-bond acceptors (Lipinski definition) is 6. The van der Waals surface area contributed by atoms with Crippen LogP contribution in [0.15, 0.2) is 76.4 Å². The molecule has 1 aliphatic rings. The first kappa shape index (κ1) is 24.3. The summed E-state index contributed by atoms with van der Waals surface area (Å²) < 4.78 is 13.4. The minimum Gasteiger partial charge on any atom is -0.462 e. The van der Waals surface area contributed by atoms with Crippen LogP contribution < -0.4 is 11.2 Å². The summed E-state index contributed by atoms with van der Waals surface area (Å²) in [7, 11) is 0. The molecule has 8 nitrogen and oxygen atoms in total. The van der Waals surface area contributed by atoms with Crippen LogP contribution in [0.25, 0.3) is 0 Å². The van der Waals surface area contributed by atoms with Gasteiger partial charge in [-0.3, -0.25) is 19.0 Å². The lowest BCUT2D eigenvalue weighted by molar-refractivity contribution is -0.166. The number of rotatable bonds is 8. The van der Waals surface area contributed by atoms with Gasteiger partial charge in [0.25, 0.3) is 11.5 Å². The smallest absolute Gasteiger partial charge is 0.338 e. The fraction of sp³-hybridized carbons (Fsp3) is 0.333.